The SMILES string of the molecule is C[C@H]1CNCCN1S(=O)(=O)c1cccc2cnccc12.Cl. The summed E-state index contributed by atoms with van der Waals surface area (Å²) in [5.74, 6) is 0. The molecule has 3 rings (SSSR count). The van der Waals surface area contributed by atoms with Crippen molar-refractivity contribution in [3.63, 3.8) is 0 Å². The van der Waals surface area contributed by atoms with Crippen LogP contribution in [-0.2, 0) is 10.0 Å². The molecule has 1 N–H and O–H groups in total. The largest absolute Gasteiger partial charge is 0.314 e. The van der Waals surface area contributed by atoms with Crippen molar-refractivity contribution in [2.75, 3.05) is 19.6 Å². The second-order valence-electron chi connectivity index (χ2n) is 5.02. The molecular formula is C14H18ClN3O2S. The van der Waals surface area contributed by atoms with Crippen molar-refractivity contribution in [3.8, 4) is 0 Å². The quantitative estimate of drug-likeness (QED) is 0.911. The third kappa shape index (κ3) is 2.89. The lowest BCUT2D eigenvalue weighted by molar-refractivity contribution is 0.284. The monoisotopic (exact) mass is 327 g/mol. The van der Waals surface area contributed by atoms with Gasteiger partial charge >= 0.3 is 0 Å². The molecule has 21 heavy (non-hydrogen) atoms. The molecule has 5 nitrogen and oxygen atoms in total. The zero-order valence-corrected chi connectivity index (χ0v) is 13.3. The number of pyridine rings is 1. The summed E-state index contributed by atoms with van der Waals surface area (Å²) in [5.41, 5.74) is 0. The maximum atomic E-state index is 12.9. The van der Waals surface area contributed by atoms with Gasteiger partial charge < -0.3 is 5.32 Å². The second-order valence-corrected chi connectivity index (χ2v) is 6.88. The molecule has 1 aliphatic rings. The molecule has 2 aromatic rings. The van der Waals surface area contributed by atoms with E-state index in [2.05, 4.69) is 10.3 Å². The Labute approximate surface area is 130 Å². The molecule has 2 heterocycles. The number of benzene rings is 1. The summed E-state index contributed by atoms with van der Waals surface area (Å²) in [6, 6.07) is 7.04. The average Bonchev–Trinajstić information content (AvgIpc) is 2.47. The van der Waals surface area contributed by atoms with Crippen LogP contribution in [0.1, 0.15) is 6.92 Å². The Hall–Kier alpha value is -1.21. The van der Waals surface area contributed by atoms with E-state index in [0.29, 0.717) is 24.5 Å². The van der Waals surface area contributed by atoms with Crippen molar-refractivity contribution in [3.05, 3.63) is 36.7 Å². The Bertz CT molecular complexity index is 731. The summed E-state index contributed by atoms with van der Waals surface area (Å²) in [6.45, 7) is 3.81. The number of aromatic nitrogens is 1. The van der Waals surface area contributed by atoms with Gasteiger partial charge in [-0.05, 0) is 19.1 Å². The molecule has 0 saturated carbocycles. The molecule has 1 atom stereocenters. The van der Waals surface area contributed by atoms with E-state index in [1.54, 1.807) is 34.9 Å². The molecule has 7 heteroatoms. The predicted molar refractivity (Wildman–Crippen MR) is 85.2 cm³/mol. The standard InChI is InChI=1S/C14H17N3O2S.ClH/c1-11-9-16-7-8-17(11)20(18,19)14-4-2-3-12-10-15-6-5-13(12)14;/h2-6,10-11,16H,7-9H2,1H3;1H/t11-;/m0./s1. The highest BCUT2D eigenvalue weighted by Gasteiger charge is 2.31. The van der Waals surface area contributed by atoms with Crippen LogP contribution in [0.2, 0.25) is 0 Å². The van der Waals surface area contributed by atoms with Crippen LogP contribution in [0.5, 0.6) is 0 Å². The summed E-state index contributed by atoms with van der Waals surface area (Å²) in [5, 5.41) is 4.78. The smallest absolute Gasteiger partial charge is 0.244 e. The first-order valence-electron chi connectivity index (χ1n) is 6.66. The molecule has 1 aromatic carbocycles. The minimum absolute atomic E-state index is 0. The average molecular weight is 328 g/mol. The van der Waals surface area contributed by atoms with E-state index >= 15 is 0 Å². The van der Waals surface area contributed by atoms with E-state index in [0.717, 1.165) is 10.8 Å². The number of nitrogens with one attached hydrogen (secondary N) is 1. The molecule has 114 valence electrons. The number of halogens is 1. The molecule has 1 aromatic heterocycles. The van der Waals surface area contributed by atoms with Crippen molar-refractivity contribution in [1.29, 1.82) is 0 Å². The van der Waals surface area contributed by atoms with Crippen LogP contribution in [0.3, 0.4) is 0 Å². The lowest BCUT2D eigenvalue weighted by Crippen LogP contribution is -2.52. The molecular weight excluding hydrogens is 310 g/mol. The lowest BCUT2D eigenvalue weighted by atomic mass is 10.2. The van der Waals surface area contributed by atoms with Gasteiger partial charge in [-0.3, -0.25) is 4.98 Å². The van der Waals surface area contributed by atoms with Gasteiger partial charge in [0.25, 0.3) is 0 Å². The van der Waals surface area contributed by atoms with Crippen molar-refractivity contribution >= 4 is 33.2 Å². The number of nitrogens with zero attached hydrogens (tertiary/aromatic N) is 2. The number of fused-ring (bicyclic) bond motifs is 1. The fourth-order valence-electron chi connectivity index (χ4n) is 2.62. The second kappa shape index (κ2) is 6.27. The predicted octanol–water partition coefficient (Wildman–Crippen LogP) is 1.64. The molecule has 0 aliphatic carbocycles. The van der Waals surface area contributed by atoms with Gasteiger partial charge in [0, 0.05) is 48.8 Å². The molecule has 1 fully saturated rings. The highest BCUT2D eigenvalue weighted by atomic mass is 35.5. The first kappa shape index (κ1) is 16.2. The third-order valence-corrected chi connectivity index (χ3v) is 5.74. The van der Waals surface area contributed by atoms with Crippen LogP contribution >= 0.6 is 12.4 Å². The number of sulfonamides is 1. The molecule has 1 saturated heterocycles. The Kier molecular flexibility index (Phi) is 4.83. The topological polar surface area (TPSA) is 62.3 Å². The summed E-state index contributed by atoms with van der Waals surface area (Å²) in [7, 11) is -3.47. The van der Waals surface area contributed by atoms with Crippen molar-refractivity contribution < 1.29 is 8.42 Å². The summed E-state index contributed by atoms with van der Waals surface area (Å²) < 4.78 is 27.4. The molecule has 0 bridgehead atoms. The third-order valence-electron chi connectivity index (χ3n) is 3.67. The Morgan fingerprint density at radius 2 is 2.14 bits per heavy atom. The van der Waals surface area contributed by atoms with Crippen LogP contribution in [0, 0.1) is 0 Å². The number of piperazine rings is 1. The number of rotatable bonds is 2. The van der Waals surface area contributed by atoms with Gasteiger partial charge in [-0.2, -0.15) is 4.31 Å². The van der Waals surface area contributed by atoms with Crippen LogP contribution in [0.15, 0.2) is 41.6 Å². The maximum absolute atomic E-state index is 12.9. The van der Waals surface area contributed by atoms with Gasteiger partial charge in [0.15, 0.2) is 0 Å². The zero-order valence-electron chi connectivity index (χ0n) is 11.7. The van der Waals surface area contributed by atoms with Crippen LogP contribution < -0.4 is 5.32 Å². The molecule has 0 amide bonds. The van der Waals surface area contributed by atoms with Crippen LogP contribution in [0.25, 0.3) is 10.8 Å². The first-order chi connectivity index (χ1) is 9.60. The van der Waals surface area contributed by atoms with E-state index in [9.17, 15) is 8.42 Å². The van der Waals surface area contributed by atoms with Crippen molar-refractivity contribution in [1.82, 2.24) is 14.6 Å². The summed E-state index contributed by atoms with van der Waals surface area (Å²) in [4.78, 5) is 4.41. The highest BCUT2D eigenvalue weighted by molar-refractivity contribution is 7.89. The Morgan fingerprint density at radius 3 is 2.90 bits per heavy atom. The normalized spacial score (nSPS) is 20.1. The minimum atomic E-state index is -3.47. The van der Waals surface area contributed by atoms with Gasteiger partial charge in [-0.15, -0.1) is 12.4 Å². The lowest BCUT2D eigenvalue weighted by Gasteiger charge is -2.33. The van der Waals surface area contributed by atoms with Crippen molar-refractivity contribution in [2.45, 2.75) is 17.9 Å². The van der Waals surface area contributed by atoms with E-state index < -0.39 is 10.0 Å². The van der Waals surface area contributed by atoms with Gasteiger partial charge in [0.2, 0.25) is 10.0 Å². The Balaban J connectivity index is 0.00000161. The summed E-state index contributed by atoms with van der Waals surface area (Å²) in [6.07, 6.45) is 3.32. The fourth-order valence-corrected chi connectivity index (χ4v) is 4.47. The molecule has 1 aliphatic heterocycles. The van der Waals surface area contributed by atoms with Gasteiger partial charge in [-0.1, -0.05) is 12.1 Å². The van der Waals surface area contributed by atoms with E-state index in [1.165, 1.54) is 0 Å². The van der Waals surface area contributed by atoms with E-state index in [-0.39, 0.29) is 18.4 Å². The first-order valence-corrected chi connectivity index (χ1v) is 8.10. The van der Waals surface area contributed by atoms with Gasteiger partial charge in [-0.25, -0.2) is 8.42 Å². The zero-order chi connectivity index (χ0) is 14.2. The molecule has 0 unspecified atom stereocenters. The van der Waals surface area contributed by atoms with Gasteiger partial charge in [0.05, 0.1) is 4.90 Å². The number of hydrogen-bond acceptors (Lipinski definition) is 4. The van der Waals surface area contributed by atoms with E-state index in [1.807, 2.05) is 13.0 Å². The summed E-state index contributed by atoms with van der Waals surface area (Å²) >= 11 is 0. The highest BCUT2D eigenvalue weighted by Crippen LogP contribution is 2.26. The van der Waals surface area contributed by atoms with Gasteiger partial charge in [0.1, 0.15) is 0 Å². The van der Waals surface area contributed by atoms with E-state index in [4.69, 9.17) is 0 Å². The molecule has 0 radical (unpaired) electrons. The van der Waals surface area contributed by atoms with Crippen molar-refractivity contribution in [2.24, 2.45) is 0 Å². The number of hydrogen-bond donors (Lipinski definition) is 1. The van der Waals surface area contributed by atoms with Crippen LogP contribution in [0.4, 0.5) is 0 Å². The van der Waals surface area contributed by atoms with Crippen LogP contribution in [-0.4, -0.2) is 43.4 Å². The maximum Gasteiger partial charge on any atom is 0.244 e. The minimum Gasteiger partial charge on any atom is -0.314 e. The molecule has 0 spiro atoms. The Morgan fingerprint density at radius 1 is 1.33 bits per heavy atom. The fraction of sp³-hybridized carbons (Fsp3) is 0.357.